The molecular formula is C9H11BrN2OS. The Hall–Kier alpha value is -0.810. The molecule has 0 aliphatic heterocycles. The van der Waals surface area contributed by atoms with Crippen molar-refractivity contribution in [3.63, 3.8) is 0 Å². The molecular weight excluding hydrogens is 264 g/mol. The van der Waals surface area contributed by atoms with Gasteiger partial charge in [0, 0.05) is 9.36 Å². The van der Waals surface area contributed by atoms with E-state index >= 15 is 0 Å². The van der Waals surface area contributed by atoms with Gasteiger partial charge < -0.3 is 5.32 Å². The smallest absolute Gasteiger partial charge is 0.320 e. The van der Waals surface area contributed by atoms with Crippen LogP contribution in [0.5, 0.6) is 0 Å². The highest BCUT2D eigenvalue weighted by atomic mass is 79.9. The number of hydrogen-bond acceptors (Lipinski definition) is 2. The quantitative estimate of drug-likeness (QED) is 0.874. The second-order valence-corrected chi connectivity index (χ2v) is 5.14. The summed E-state index contributed by atoms with van der Waals surface area (Å²) in [7, 11) is 0. The Morgan fingerprint density at radius 1 is 1.64 bits per heavy atom. The maximum atomic E-state index is 11.2. The molecule has 0 fully saturated rings. The van der Waals surface area contributed by atoms with Crippen LogP contribution in [0.1, 0.15) is 4.88 Å². The normalized spacial score (nSPS) is 9.57. The zero-order valence-corrected chi connectivity index (χ0v) is 10.2. The summed E-state index contributed by atoms with van der Waals surface area (Å²) < 4.78 is 0.745. The van der Waals surface area contributed by atoms with Gasteiger partial charge in [0.15, 0.2) is 0 Å². The molecule has 0 saturated heterocycles. The van der Waals surface area contributed by atoms with Crippen molar-refractivity contribution in [3.05, 3.63) is 28.1 Å². The van der Waals surface area contributed by atoms with Gasteiger partial charge in [-0.2, -0.15) is 0 Å². The minimum absolute atomic E-state index is 0.215. The number of amides is 2. The summed E-state index contributed by atoms with van der Waals surface area (Å²) >= 11 is 4.70. The van der Waals surface area contributed by atoms with Crippen molar-refractivity contribution in [3.8, 4) is 0 Å². The van der Waals surface area contributed by atoms with E-state index in [0.717, 1.165) is 9.48 Å². The van der Waals surface area contributed by atoms with Crippen molar-refractivity contribution < 1.29 is 4.79 Å². The first-order chi connectivity index (χ1) is 6.58. The molecule has 5 heteroatoms. The first kappa shape index (κ1) is 11.3. The van der Waals surface area contributed by atoms with E-state index in [9.17, 15) is 4.79 Å². The topological polar surface area (TPSA) is 41.1 Å². The number of carbonyl (C=O) groups is 1. The number of anilines is 1. The largest absolute Gasteiger partial charge is 0.333 e. The summed E-state index contributed by atoms with van der Waals surface area (Å²) in [6.45, 7) is 6.04. The van der Waals surface area contributed by atoms with Gasteiger partial charge >= 0.3 is 6.03 Å². The van der Waals surface area contributed by atoms with E-state index in [4.69, 9.17) is 0 Å². The number of rotatable bonds is 3. The molecule has 2 N–H and O–H groups in total. The van der Waals surface area contributed by atoms with Crippen LogP contribution in [0.15, 0.2) is 23.2 Å². The van der Waals surface area contributed by atoms with Gasteiger partial charge in [0.1, 0.15) is 0 Å². The van der Waals surface area contributed by atoms with Crippen LogP contribution in [-0.4, -0.2) is 12.6 Å². The standard InChI is InChI=1S/C9H11BrN2OS/c1-6(10)5-11-9(13)12-8-4-3-7(2)14-8/h3-4H,1,5H2,2H3,(H2,11,12,13). The van der Waals surface area contributed by atoms with Gasteiger partial charge in [0.2, 0.25) is 0 Å². The van der Waals surface area contributed by atoms with Gasteiger partial charge in [0.25, 0.3) is 0 Å². The monoisotopic (exact) mass is 274 g/mol. The number of carbonyl (C=O) groups excluding carboxylic acids is 1. The Morgan fingerprint density at radius 2 is 2.36 bits per heavy atom. The molecule has 0 unspecified atom stereocenters. The third-order valence-electron chi connectivity index (χ3n) is 1.42. The third-order valence-corrected chi connectivity index (χ3v) is 2.61. The number of halogens is 1. The fourth-order valence-electron chi connectivity index (χ4n) is 0.834. The molecule has 3 nitrogen and oxygen atoms in total. The molecule has 0 aliphatic rings. The minimum atomic E-state index is -0.215. The summed E-state index contributed by atoms with van der Waals surface area (Å²) in [6.07, 6.45) is 0. The fraction of sp³-hybridized carbons (Fsp3) is 0.222. The SMILES string of the molecule is C=C(Br)CNC(=O)Nc1ccc(C)s1. The van der Waals surface area contributed by atoms with Crippen molar-refractivity contribution in [1.29, 1.82) is 0 Å². The van der Waals surface area contributed by atoms with Crippen LogP contribution in [0.25, 0.3) is 0 Å². The predicted molar refractivity (Wildman–Crippen MR) is 64.1 cm³/mol. The van der Waals surface area contributed by atoms with Gasteiger partial charge in [-0.05, 0) is 19.1 Å². The second kappa shape index (κ2) is 5.17. The van der Waals surface area contributed by atoms with Crippen LogP contribution in [0.2, 0.25) is 0 Å². The van der Waals surface area contributed by atoms with Crippen LogP contribution in [0, 0.1) is 6.92 Å². The molecule has 0 bridgehead atoms. The van der Waals surface area contributed by atoms with Crippen LogP contribution >= 0.6 is 27.3 Å². The zero-order chi connectivity index (χ0) is 10.6. The van der Waals surface area contributed by atoms with E-state index in [1.54, 1.807) is 11.3 Å². The molecule has 0 spiro atoms. The Labute approximate surface area is 95.3 Å². The number of aryl methyl sites for hydroxylation is 1. The lowest BCUT2D eigenvalue weighted by Crippen LogP contribution is -2.29. The number of thiophene rings is 1. The molecule has 2 amide bonds. The van der Waals surface area contributed by atoms with Gasteiger partial charge in [-0.25, -0.2) is 4.79 Å². The molecule has 0 saturated carbocycles. The number of nitrogens with one attached hydrogen (secondary N) is 2. The third kappa shape index (κ3) is 3.93. The van der Waals surface area contributed by atoms with Crippen molar-refractivity contribution in [1.82, 2.24) is 5.32 Å². The summed E-state index contributed by atoms with van der Waals surface area (Å²) in [5.41, 5.74) is 0. The Morgan fingerprint density at radius 3 is 2.86 bits per heavy atom. The molecule has 0 radical (unpaired) electrons. The van der Waals surface area contributed by atoms with E-state index in [1.807, 2.05) is 19.1 Å². The lowest BCUT2D eigenvalue weighted by atomic mass is 10.5. The van der Waals surface area contributed by atoms with E-state index < -0.39 is 0 Å². The molecule has 1 rings (SSSR count). The van der Waals surface area contributed by atoms with Gasteiger partial charge in [0.05, 0.1) is 11.5 Å². The molecule has 76 valence electrons. The lowest BCUT2D eigenvalue weighted by molar-refractivity contribution is 0.253. The summed E-state index contributed by atoms with van der Waals surface area (Å²) in [5.74, 6) is 0. The van der Waals surface area contributed by atoms with Crippen molar-refractivity contribution in [2.45, 2.75) is 6.92 Å². The maximum Gasteiger partial charge on any atom is 0.320 e. The Bertz CT molecular complexity index is 348. The van der Waals surface area contributed by atoms with Gasteiger partial charge in [-0.15, -0.1) is 11.3 Å². The fourth-order valence-corrected chi connectivity index (χ4v) is 1.74. The summed E-state index contributed by atoms with van der Waals surface area (Å²) in [5, 5.41) is 6.22. The molecule has 1 aromatic heterocycles. The van der Waals surface area contributed by atoms with Crippen LogP contribution < -0.4 is 10.6 Å². The molecule has 14 heavy (non-hydrogen) atoms. The average Bonchev–Trinajstić information content (AvgIpc) is 2.48. The molecule has 1 heterocycles. The van der Waals surface area contributed by atoms with E-state index in [0.29, 0.717) is 6.54 Å². The van der Waals surface area contributed by atoms with Gasteiger partial charge in [-0.1, -0.05) is 22.5 Å². The van der Waals surface area contributed by atoms with Crippen LogP contribution in [0.3, 0.4) is 0 Å². The number of hydrogen-bond donors (Lipinski definition) is 2. The first-order valence-electron chi connectivity index (χ1n) is 4.02. The molecule has 0 atom stereocenters. The van der Waals surface area contributed by atoms with Gasteiger partial charge in [-0.3, -0.25) is 5.32 Å². The highest BCUT2D eigenvalue weighted by Crippen LogP contribution is 2.20. The summed E-state index contributed by atoms with van der Waals surface area (Å²) in [4.78, 5) is 12.4. The number of urea groups is 1. The highest BCUT2D eigenvalue weighted by molar-refractivity contribution is 9.11. The molecule has 1 aromatic rings. The maximum absolute atomic E-state index is 11.2. The minimum Gasteiger partial charge on any atom is -0.333 e. The second-order valence-electron chi connectivity index (χ2n) is 2.74. The van der Waals surface area contributed by atoms with Crippen LogP contribution in [-0.2, 0) is 0 Å². The first-order valence-corrected chi connectivity index (χ1v) is 5.63. The van der Waals surface area contributed by atoms with Crippen molar-refractivity contribution in [2.24, 2.45) is 0 Å². The zero-order valence-electron chi connectivity index (χ0n) is 7.76. The molecule has 0 aliphatic carbocycles. The lowest BCUT2D eigenvalue weighted by Gasteiger charge is -2.03. The van der Waals surface area contributed by atoms with E-state index in [1.165, 1.54) is 4.88 Å². The van der Waals surface area contributed by atoms with Crippen molar-refractivity contribution in [2.75, 3.05) is 11.9 Å². The highest BCUT2D eigenvalue weighted by Gasteiger charge is 2.02. The predicted octanol–water partition coefficient (Wildman–Crippen LogP) is 3.09. The Balaban J connectivity index is 2.37. The molecule has 0 aromatic carbocycles. The van der Waals surface area contributed by atoms with Crippen LogP contribution in [0.4, 0.5) is 9.80 Å². The van der Waals surface area contributed by atoms with E-state index in [-0.39, 0.29) is 6.03 Å². The van der Waals surface area contributed by atoms with E-state index in [2.05, 4.69) is 33.1 Å². The average molecular weight is 275 g/mol. The van der Waals surface area contributed by atoms with Crippen molar-refractivity contribution >= 4 is 38.3 Å². The summed E-state index contributed by atoms with van der Waals surface area (Å²) in [6, 6.07) is 3.62. The Kier molecular flexibility index (Phi) is 4.16.